The molecule has 7 nitrogen and oxygen atoms in total. The SMILES string of the molecule is CCNC(=NCCc1ccc(OC)c(OC)c1OC)N(C)Cc1ccc(OCC)cc1. The van der Waals surface area contributed by atoms with E-state index in [9.17, 15) is 0 Å². The van der Waals surface area contributed by atoms with Crippen molar-refractivity contribution in [3.05, 3.63) is 47.5 Å². The van der Waals surface area contributed by atoms with Crippen LogP contribution in [0.5, 0.6) is 23.0 Å². The number of aliphatic imine (C=N–C) groups is 1. The lowest BCUT2D eigenvalue weighted by Gasteiger charge is -2.22. The number of rotatable bonds is 11. The van der Waals surface area contributed by atoms with Crippen LogP contribution in [0.25, 0.3) is 0 Å². The minimum atomic E-state index is 0.603. The van der Waals surface area contributed by atoms with Crippen molar-refractivity contribution >= 4 is 5.96 Å². The van der Waals surface area contributed by atoms with E-state index in [0.717, 1.165) is 36.8 Å². The van der Waals surface area contributed by atoms with Crippen LogP contribution in [0, 0.1) is 0 Å². The minimum Gasteiger partial charge on any atom is -0.494 e. The Morgan fingerprint density at radius 1 is 0.935 bits per heavy atom. The zero-order valence-corrected chi connectivity index (χ0v) is 19.5. The van der Waals surface area contributed by atoms with E-state index in [0.29, 0.717) is 30.4 Å². The minimum absolute atomic E-state index is 0.603. The van der Waals surface area contributed by atoms with Gasteiger partial charge in [-0.2, -0.15) is 0 Å². The second-order valence-electron chi connectivity index (χ2n) is 6.91. The summed E-state index contributed by atoms with van der Waals surface area (Å²) in [5.74, 6) is 3.68. The largest absolute Gasteiger partial charge is 0.494 e. The van der Waals surface area contributed by atoms with Crippen LogP contribution in [-0.4, -0.2) is 58.9 Å². The molecule has 0 unspecified atom stereocenters. The Balaban J connectivity index is 2.08. The van der Waals surface area contributed by atoms with Gasteiger partial charge in [0, 0.05) is 32.2 Å². The molecule has 2 aromatic carbocycles. The van der Waals surface area contributed by atoms with Crippen molar-refractivity contribution in [3.8, 4) is 23.0 Å². The van der Waals surface area contributed by atoms with Crippen LogP contribution in [0.2, 0.25) is 0 Å². The fourth-order valence-corrected chi connectivity index (χ4v) is 3.32. The average Bonchev–Trinajstić information content (AvgIpc) is 2.79. The van der Waals surface area contributed by atoms with Crippen molar-refractivity contribution < 1.29 is 18.9 Å². The number of benzene rings is 2. The maximum Gasteiger partial charge on any atom is 0.203 e. The highest BCUT2D eigenvalue weighted by Gasteiger charge is 2.15. The van der Waals surface area contributed by atoms with Crippen LogP contribution in [0.3, 0.4) is 0 Å². The molecule has 0 bridgehead atoms. The number of nitrogens with one attached hydrogen (secondary N) is 1. The monoisotopic (exact) mass is 429 g/mol. The van der Waals surface area contributed by atoms with Crippen molar-refractivity contribution in [2.75, 3.05) is 48.1 Å². The van der Waals surface area contributed by atoms with E-state index in [-0.39, 0.29) is 0 Å². The molecule has 7 heteroatoms. The van der Waals surface area contributed by atoms with Gasteiger partial charge in [-0.1, -0.05) is 18.2 Å². The van der Waals surface area contributed by atoms with Gasteiger partial charge >= 0.3 is 0 Å². The van der Waals surface area contributed by atoms with Gasteiger partial charge in [-0.25, -0.2) is 0 Å². The van der Waals surface area contributed by atoms with Gasteiger partial charge in [0.2, 0.25) is 5.75 Å². The van der Waals surface area contributed by atoms with Crippen molar-refractivity contribution in [2.24, 2.45) is 4.99 Å². The molecule has 0 saturated carbocycles. The highest BCUT2D eigenvalue weighted by molar-refractivity contribution is 5.79. The van der Waals surface area contributed by atoms with Gasteiger partial charge in [-0.3, -0.25) is 4.99 Å². The van der Waals surface area contributed by atoms with Gasteiger partial charge in [0.25, 0.3) is 0 Å². The van der Waals surface area contributed by atoms with Gasteiger partial charge in [0.1, 0.15) is 5.75 Å². The lowest BCUT2D eigenvalue weighted by atomic mass is 10.1. The van der Waals surface area contributed by atoms with Crippen molar-refractivity contribution in [3.63, 3.8) is 0 Å². The third kappa shape index (κ3) is 6.70. The smallest absolute Gasteiger partial charge is 0.203 e. The van der Waals surface area contributed by atoms with Crippen LogP contribution in [0.15, 0.2) is 41.4 Å². The molecular weight excluding hydrogens is 394 g/mol. The van der Waals surface area contributed by atoms with Gasteiger partial charge in [0.15, 0.2) is 17.5 Å². The molecule has 170 valence electrons. The third-order valence-electron chi connectivity index (χ3n) is 4.78. The van der Waals surface area contributed by atoms with E-state index in [1.54, 1.807) is 21.3 Å². The first-order valence-corrected chi connectivity index (χ1v) is 10.6. The van der Waals surface area contributed by atoms with Gasteiger partial charge < -0.3 is 29.2 Å². The molecule has 0 fully saturated rings. The van der Waals surface area contributed by atoms with E-state index in [2.05, 4.69) is 29.3 Å². The average molecular weight is 430 g/mol. The fraction of sp³-hybridized carbons (Fsp3) is 0.458. The van der Waals surface area contributed by atoms with E-state index >= 15 is 0 Å². The van der Waals surface area contributed by atoms with Crippen LogP contribution >= 0.6 is 0 Å². The van der Waals surface area contributed by atoms with E-state index in [1.807, 2.05) is 38.2 Å². The first-order valence-electron chi connectivity index (χ1n) is 10.6. The Labute approximate surface area is 186 Å². The van der Waals surface area contributed by atoms with Crippen molar-refractivity contribution in [2.45, 2.75) is 26.8 Å². The molecule has 0 aliphatic carbocycles. The molecule has 0 heterocycles. The highest BCUT2D eigenvalue weighted by atomic mass is 16.5. The van der Waals surface area contributed by atoms with Crippen LogP contribution in [0.4, 0.5) is 0 Å². The third-order valence-corrected chi connectivity index (χ3v) is 4.78. The molecule has 0 aliphatic heterocycles. The predicted molar refractivity (Wildman–Crippen MR) is 125 cm³/mol. The summed E-state index contributed by atoms with van der Waals surface area (Å²) < 4.78 is 21.9. The summed E-state index contributed by atoms with van der Waals surface area (Å²) in [5.41, 5.74) is 2.21. The standard InChI is InChI=1S/C24H35N3O4/c1-7-25-24(27(3)17-18-9-12-20(13-10-18)31-8-2)26-16-15-19-11-14-21(28-4)23(30-6)22(19)29-5/h9-14H,7-8,15-17H2,1-6H3,(H,25,26). The van der Waals surface area contributed by atoms with E-state index < -0.39 is 0 Å². The summed E-state index contributed by atoms with van der Waals surface area (Å²) in [7, 11) is 6.90. The van der Waals surface area contributed by atoms with Gasteiger partial charge in [-0.15, -0.1) is 0 Å². The first-order chi connectivity index (χ1) is 15.1. The maximum atomic E-state index is 5.58. The topological polar surface area (TPSA) is 64.6 Å². The van der Waals surface area contributed by atoms with Crippen LogP contribution in [0.1, 0.15) is 25.0 Å². The first kappa shape index (κ1) is 24.2. The zero-order valence-electron chi connectivity index (χ0n) is 19.5. The Hall–Kier alpha value is -3.09. The molecule has 0 spiro atoms. The number of ether oxygens (including phenoxy) is 4. The normalized spacial score (nSPS) is 11.1. The van der Waals surface area contributed by atoms with Crippen LogP contribution in [-0.2, 0) is 13.0 Å². The number of hydrogen-bond acceptors (Lipinski definition) is 5. The molecule has 0 aromatic heterocycles. The lowest BCUT2D eigenvalue weighted by molar-refractivity contribution is 0.322. The summed E-state index contributed by atoms with van der Waals surface area (Å²) >= 11 is 0. The lowest BCUT2D eigenvalue weighted by Crippen LogP contribution is -2.38. The Kier molecular flexibility index (Phi) is 9.81. The second kappa shape index (κ2) is 12.6. The molecule has 0 atom stereocenters. The summed E-state index contributed by atoms with van der Waals surface area (Å²) in [5, 5.41) is 3.37. The van der Waals surface area contributed by atoms with Gasteiger partial charge in [-0.05, 0) is 44.0 Å². The summed E-state index contributed by atoms with van der Waals surface area (Å²) in [6.07, 6.45) is 0.718. The quantitative estimate of drug-likeness (QED) is 0.434. The predicted octanol–water partition coefficient (Wildman–Crippen LogP) is 3.75. The second-order valence-corrected chi connectivity index (χ2v) is 6.91. The Morgan fingerprint density at radius 3 is 2.23 bits per heavy atom. The number of hydrogen-bond donors (Lipinski definition) is 1. The van der Waals surface area contributed by atoms with Crippen molar-refractivity contribution in [1.82, 2.24) is 10.2 Å². The molecule has 2 rings (SSSR count). The summed E-state index contributed by atoms with van der Waals surface area (Å²) in [6, 6.07) is 12.1. The molecule has 0 amide bonds. The summed E-state index contributed by atoms with van der Waals surface area (Å²) in [4.78, 5) is 6.92. The van der Waals surface area contributed by atoms with E-state index in [4.69, 9.17) is 23.9 Å². The van der Waals surface area contributed by atoms with Crippen LogP contribution < -0.4 is 24.3 Å². The molecule has 1 N–H and O–H groups in total. The maximum absolute atomic E-state index is 5.58. The molecule has 0 saturated heterocycles. The van der Waals surface area contributed by atoms with E-state index in [1.165, 1.54) is 5.56 Å². The fourth-order valence-electron chi connectivity index (χ4n) is 3.32. The molecule has 0 aliphatic rings. The number of guanidine groups is 1. The Morgan fingerprint density at radius 2 is 1.65 bits per heavy atom. The highest BCUT2D eigenvalue weighted by Crippen LogP contribution is 2.39. The zero-order chi connectivity index (χ0) is 22.6. The number of methoxy groups -OCH3 is 3. The molecule has 2 aromatic rings. The summed E-state index contributed by atoms with van der Waals surface area (Å²) in [6.45, 7) is 6.88. The molecule has 0 radical (unpaired) electrons. The number of nitrogens with zero attached hydrogens (tertiary/aromatic N) is 2. The Bertz CT molecular complexity index is 837. The molecular formula is C24H35N3O4. The van der Waals surface area contributed by atoms with Gasteiger partial charge in [0.05, 0.1) is 27.9 Å². The molecule has 31 heavy (non-hydrogen) atoms. The van der Waals surface area contributed by atoms with Crippen molar-refractivity contribution in [1.29, 1.82) is 0 Å².